The third kappa shape index (κ3) is 1.78. The molecule has 0 aliphatic rings. The first-order valence-corrected chi connectivity index (χ1v) is 6.24. The van der Waals surface area contributed by atoms with Crippen LogP contribution in [-0.4, -0.2) is 24.5 Å². The van der Waals surface area contributed by atoms with E-state index in [-0.39, 0.29) is 10.4 Å². The van der Waals surface area contributed by atoms with Gasteiger partial charge in [-0.1, -0.05) is 0 Å². The standard InChI is InChI=1S/C9H8F2N2O2S/c1-16(14,15)7-2-3-8-6(4-7)5-12-13(8)9(10)11/h2-5,9H,1H3. The Hall–Kier alpha value is -1.50. The van der Waals surface area contributed by atoms with E-state index in [9.17, 15) is 17.2 Å². The second-order valence-electron chi connectivity index (χ2n) is 3.36. The molecule has 0 aliphatic carbocycles. The van der Waals surface area contributed by atoms with Crippen LogP contribution >= 0.6 is 0 Å². The van der Waals surface area contributed by atoms with Crippen molar-refractivity contribution in [1.82, 2.24) is 9.78 Å². The monoisotopic (exact) mass is 246 g/mol. The Bertz CT molecular complexity index is 634. The van der Waals surface area contributed by atoms with Crippen LogP contribution in [0.3, 0.4) is 0 Å². The number of aromatic nitrogens is 2. The third-order valence-corrected chi connectivity index (χ3v) is 3.29. The first kappa shape index (κ1) is 11.0. The number of nitrogens with zero attached hydrogens (tertiary/aromatic N) is 2. The Morgan fingerprint density at radius 3 is 2.62 bits per heavy atom. The molecule has 0 radical (unpaired) electrons. The Kier molecular flexibility index (Phi) is 2.42. The van der Waals surface area contributed by atoms with Crippen LogP contribution in [0.4, 0.5) is 8.78 Å². The van der Waals surface area contributed by atoms with Crippen molar-refractivity contribution in [2.45, 2.75) is 11.4 Å². The summed E-state index contributed by atoms with van der Waals surface area (Å²) in [7, 11) is -3.33. The molecule has 1 aromatic carbocycles. The van der Waals surface area contributed by atoms with Gasteiger partial charge in [0.15, 0.2) is 9.84 Å². The molecule has 0 saturated heterocycles. The number of benzene rings is 1. The summed E-state index contributed by atoms with van der Waals surface area (Å²) in [5.41, 5.74) is 0.211. The van der Waals surface area contributed by atoms with E-state index in [1.165, 1.54) is 24.4 Å². The topological polar surface area (TPSA) is 52.0 Å². The predicted octanol–water partition coefficient (Wildman–Crippen LogP) is 1.83. The molecule has 0 aliphatic heterocycles. The normalized spacial score (nSPS) is 12.5. The van der Waals surface area contributed by atoms with Crippen molar-refractivity contribution >= 4 is 20.7 Å². The maximum atomic E-state index is 12.4. The maximum Gasteiger partial charge on any atom is 0.333 e. The lowest BCUT2D eigenvalue weighted by Crippen LogP contribution is -2.00. The van der Waals surface area contributed by atoms with Crippen LogP contribution in [0.5, 0.6) is 0 Å². The fourth-order valence-electron chi connectivity index (χ4n) is 1.42. The molecular weight excluding hydrogens is 238 g/mol. The second kappa shape index (κ2) is 3.51. The number of hydrogen-bond donors (Lipinski definition) is 0. The van der Waals surface area contributed by atoms with E-state index >= 15 is 0 Å². The minimum atomic E-state index is -3.33. The van der Waals surface area contributed by atoms with E-state index in [2.05, 4.69) is 5.10 Å². The molecule has 0 amide bonds. The van der Waals surface area contributed by atoms with Crippen LogP contribution in [0.1, 0.15) is 6.55 Å². The van der Waals surface area contributed by atoms with Crippen molar-refractivity contribution < 1.29 is 17.2 Å². The van der Waals surface area contributed by atoms with E-state index in [1.807, 2.05) is 0 Å². The van der Waals surface area contributed by atoms with Gasteiger partial charge in [0.25, 0.3) is 0 Å². The maximum absolute atomic E-state index is 12.4. The van der Waals surface area contributed by atoms with Gasteiger partial charge < -0.3 is 0 Å². The van der Waals surface area contributed by atoms with Crippen LogP contribution in [0.2, 0.25) is 0 Å². The van der Waals surface area contributed by atoms with Crippen LogP contribution in [0.25, 0.3) is 10.9 Å². The number of halogens is 2. The van der Waals surface area contributed by atoms with Crippen molar-refractivity contribution in [3.63, 3.8) is 0 Å². The van der Waals surface area contributed by atoms with E-state index in [0.717, 1.165) is 6.26 Å². The molecular formula is C9H8F2N2O2S. The van der Waals surface area contributed by atoms with Crippen LogP contribution in [0.15, 0.2) is 29.3 Å². The van der Waals surface area contributed by atoms with Gasteiger partial charge in [0.05, 0.1) is 16.6 Å². The Morgan fingerprint density at radius 2 is 2.06 bits per heavy atom. The van der Waals surface area contributed by atoms with Gasteiger partial charge in [-0.25, -0.2) is 13.1 Å². The smallest absolute Gasteiger partial charge is 0.224 e. The van der Waals surface area contributed by atoms with E-state index in [1.54, 1.807) is 0 Å². The zero-order valence-electron chi connectivity index (χ0n) is 8.26. The van der Waals surface area contributed by atoms with Gasteiger partial charge in [-0.2, -0.15) is 13.9 Å². The molecule has 0 atom stereocenters. The Morgan fingerprint density at radius 1 is 1.38 bits per heavy atom. The summed E-state index contributed by atoms with van der Waals surface area (Å²) in [6.07, 6.45) is 2.28. The lowest BCUT2D eigenvalue weighted by Gasteiger charge is -2.01. The lowest BCUT2D eigenvalue weighted by atomic mass is 10.2. The quantitative estimate of drug-likeness (QED) is 0.812. The van der Waals surface area contributed by atoms with Crippen LogP contribution in [0, 0.1) is 0 Å². The van der Waals surface area contributed by atoms with Gasteiger partial charge >= 0.3 is 6.55 Å². The first-order valence-electron chi connectivity index (χ1n) is 4.35. The minimum absolute atomic E-state index is 0.0915. The van der Waals surface area contributed by atoms with Crippen molar-refractivity contribution in [3.05, 3.63) is 24.4 Å². The molecule has 0 bridgehead atoms. The molecule has 1 aromatic heterocycles. The highest BCUT2D eigenvalue weighted by molar-refractivity contribution is 7.90. The number of sulfone groups is 1. The summed E-state index contributed by atoms with van der Waals surface area (Å²) >= 11 is 0. The predicted molar refractivity (Wildman–Crippen MR) is 54.1 cm³/mol. The molecule has 86 valence electrons. The van der Waals surface area contributed by atoms with Gasteiger partial charge in [-0.3, -0.25) is 0 Å². The number of fused-ring (bicyclic) bond motifs is 1. The molecule has 2 rings (SSSR count). The van der Waals surface area contributed by atoms with Gasteiger partial charge in [0.1, 0.15) is 0 Å². The van der Waals surface area contributed by atoms with Gasteiger partial charge in [0.2, 0.25) is 0 Å². The van der Waals surface area contributed by atoms with E-state index < -0.39 is 16.4 Å². The van der Waals surface area contributed by atoms with Crippen molar-refractivity contribution in [2.75, 3.05) is 6.26 Å². The second-order valence-corrected chi connectivity index (χ2v) is 5.38. The SMILES string of the molecule is CS(=O)(=O)c1ccc2c(cnn2C(F)F)c1. The average molecular weight is 246 g/mol. The number of hydrogen-bond acceptors (Lipinski definition) is 3. The molecule has 0 saturated carbocycles. The van der Waals surface area contributed by atoms with Gasteiger partial charge in [0, 0.05) is 11.6 Å². The van der Waals surface area contributed by atoms with Crippen LogP contribution in [-0.2, 0) is 9.84 Å². The van der Waals surface area contributed by atoms with E-state index in [4.69, 9.17) is 0 Å². The molecule has 0 spiro atoms. The van der Waals surface area contributed by atoms with E-state index in [0.29, 0.717) is 10.1 Å². The summed E-state index contributed by atoms with van der Waals surface area (Å²) in [5, 5.41) is 3.87. The van der Waals surface area contributed by atoms with Gasteiger partial charge in [-0.15, -0.1) is 0 Å². The molecule has 2 aromatic rings. The molecule has 0 N–H and O–H groups in total. The molecule has 4 nitrogen and oxygen atoms in total. The number of alkyl halides is 2. The summed E-state index contributed by atoms with van der Waals surface area (Å²) in [6, 6.07) is 3.94. The van der Waals surface area contributed by atoms with Crippen molar-refractivity contribution in [2.24, 2.45) is 0 Å². The molecule has 16 heavy (non-hydrogen) atoms. The fourth-order valence-corrected chi connectivity index (χ4v) is 2.07. The third-order valence-electron chi connectivity index (χ3n) is 2.18. The van der Waals surface area contributed by atoms with Crippen LogP contribution < -0.4 is 0 Å². The Labute approximate surface area is 90.4 Å². The minimum Gasteiger partial charge on any atom is -0.224 e. The lowest BCUT2D eigenvalue weighted by molar-refractivity contribution is 0.0615. The first-order chi connectivity index (χ1) is 7.39. The fraction of sp³-hybridized carbons (Fsp3) is 0.222. The molecule has 1 heterocycles. The Balaban J connectivity index is 2.67. The molecule has 7 heteroatoms. The van der Waals surface area contributed by atoms with Gasteiger partial charge in [-0.05, 0) is 18.2 Å². The average Bonchev–Trinajstić information content (AvgIpc) is 2.58. The van der Waals surface area contributed by atoms with Crippen molar-refractivity contribution in [1.29, 1.82) is 0 Å². The summed E-state index contributed by atoms with van der Waals surface area (Å²) in [6.45, 7) is -2.73. The highest BCUT2D eigenvalue weighted by Crippen LogP contribution is 2.22. The zero-order chi connectivity index (χ0) is 11.9. The zero-order valence-corrected chi connectivity index (χ0v) is 9.08. The highest BCUT2D eigenvalue weighted by Gasteiger charge is 2.13. The largest absolute Gasteiger partial charge is 0.333 e. The summed E-state index contributed by atoms with van der Waals surface area (Å²) in [4.78, 5) is 0.0915. The summed E-state index contributed by atoms with van der Waals surface area (Å²) < 4.78 is 47.9. The number of rotatable bonds is 2. The molecule has 0 fully saturated rings. The highest BCUT2D eigenvalue weighted by atomic mass is 32.2. The molecule has 0 unspecified atom stereocenters. The summed E-state index contributed by atoms with van der Waals surface area (Å²) in [5.74, 6) is 0. The van der Waals surface area contributed by atoms with Crippen molar-refractivity contribution in [3.8, 4) is 0 Å².